The fraction of sp³-hybridized carbons (Fsp3) is 0.187. The average molecular weight is 1740 g/mol. The topological polar surface area (TPSA) is 459 Å². The molecule has 1 heterocycles. The summed E-state index contributed by atoms with van der Waals surface area (Å²) in [5.74, 6) is -4.10. The number of aromatic nitrogens is 1. The second kappa shape index (κ2) is 50.8. The molecule has 26 nitrogen and oxygen atoms in total. The number of nitrogens with one attached hydrogen (secondary N) is 5. The molecule has 0 atom stereocenters. The number of aryl methyl sites for hydroxylation is 3. The van der Waals surface area contributed by atoms with Crippen LogP contribution in [0.3, 0.4) is 0 Å². The summed E-state index contributed by atoms with van der Waals surface area (Å²) < 4.78 is 0. The highest BCUT2D eigenvalue weighted by Gasteiger charge is 2.23. The Kier molecular flexibility index (Phi) is 40.7. The third-order valence-corrected chi connectivity index (χ3v) is 21.7. The van der Waals surface area contributed by atoms with Gasteiger partial charge in [-0.3, -0.25) is 76.9 Å². The maximum absolute atomic E-state index is 12.6. The number of nitrogens with zero attached hydrogens (tertiary/aromatic N) is 1. The molecule has 9 aromatic carbocycles. The Morgan fingerprint density at radius 3 is 0.861 bits per heavy atom. The normalized spacial score (nSPS) is 10.4. The number of pyridine rings is 1. The van der Waals surface area contributed by atoms with Crippen LogP contribution < -0.4 is 55.3 Å². The van der Waals surface area contributed by atoms with E-state index in [2.05, 4.69) is 52.3 Å². The largest absolute Gasteiger partial charge is 0.370 e. The van der Waals surface area contributed by atoms with Crippen LogP contribution in [0.15, 0.2) is 267 Å². The van der Waals surface area contributed by atoms with Gasteiger partial charge in [-0.15, -0.1) is 0 Å². The molecule has 31 heteroatoms. The van der Waals surface area contributed by atoms with Crippen LogP contribution in [0.1, 0.15) is 179 Å². The number of carbonyl (C=O) groups excluding carboxylic acids is 15. The summed E-state index contributed by atoms with van der Waals surface area (Å²) in [5, 5.41) is 12.4. The van der Waals surface area contributed by atoms with Crippen LogP contribution in [-0.2, 0) is 29.4 Å². The van der Waals surface area contributed by atoms with Crippen molar-refractivity contribution in [1.29, 1.82) is 0 Å². The second-order valence-corrected chi connectivity index (χ2v) is 32.5. The van der Waals surface area contributed by atoms with E-state index in [-0.39, 0.29) is 125 Å². The maximum Gasteiger partial charge on any atom is 0.252 e. The summed E-state index contributed by atoms with van der Waals surface area (Å²) in [5.41, 5.74) is 34.2. The second-order valence-electron chi connectivity index (χ2n) is 27.4. The highest BCUT2D eigenvalue weighted by Crippen LogP contribution is 2.33. The molecule has 0 bridgehead atoms. The van der Waals surface area contributed by atoms with Crippen LogP contribution in [0.4, 0.5) is 0 Å². The molecule has 0 fully saturated rings. The molecular weight excluding hydrogens is 1650 g/mol. The summed E-state index contributed by atoms with van der Waals surface area (Å²) in [4.78, 5) is 184. The Labute approximate surface area is 727 Å². The monoisotopic (exact) mass is 1740 g/mol. The lowest BCUT2D eigenvalue weighted by molar-refractivity contribution is -0.118. The zero-order valence-electron chi connectivity index (χ0n) is 67.7. The highest BCUT2D eigenvalue weighted by molar-refractivity contribution is 8.15. The maximum atomic E-state index is 12.6. The van der Waals surface area contributed by atoms with Crippen LogP contribution in [0.25, 0.3) is 0 Å². The molecular formula is C91H93N11O15S5. The van der Waals surface area contributed by atoms with Gasteiger partial charge < -0.3 is 55.3 Å². The minimum Gasteiger partial charge on any atom is -0.370 e. The quantitative estimate of drug-likeness (QED) is 0.0187. The zero-order valence-corrected chi connectivity index (χ0v) is 71.7. The number of amides is 10. The minimum atomic E-state index is -0.486. The molecule has 10 aromatic rings. The van der Waals surface area contributed by atoms with Crippen molar-refractivity contribution in [3.05, 3.63) is 321 Å². The number of rotatable bonds is 30. The van der Waals surface area contributed by atoms with Crippen molar-refractivity contribution in [1.82, 2.24) is 31.6 Å². The summed E-state index contributed by atoms with van der Waals surface area (Å²) in [6, 6.07) is 67.0. The number of hydrogen-bond donors (Lipinski definition) is 10. The molecule has 0 spiro atoms. The Hall–Kier alpha value is -13.1. The fourth-order valence-corrected chi connectivity index (χ4v) is 14.7. The Balaban J connectivity index is 0.000000236. The van der Waals surface area contributed by atoms with E-state index < -0.39 is 29.5 Å². The smallest absolute Gasteiger partial charge is 0.252 e. The molecule has 0 saturated carbocycles. The average Bonchev–Trinajstić information content (AvgIpc) is 0.863. The predicted octanol–water partition coefficient (Wildman–Crippen LogP) is 12.7. The lowest BCUT2D eigenvalue weighted by Gasteiger charge is -2.19. The van der Waals surface area contributed by atoms with E-state index in [1.165, 1.54) is 6.20 Å². The van der Waals surface area contributed by atoms with E-state index in [1.807, 2.05) is 93.6 Å². The Bertz CT molecular complexity index is 5400. The van der Waals surface area contributed by atoms with E-state index in [0.29, 0.717) is 80.1 Å². The first-order chi connectivity index (χ1) is 58.2. The van der Waals surface area contributed by atoms with Crippen molar-refractivity contribution in [3.8, 4) is 0 Å². The van der Waals surface area contributed by atoms with E-state index in [4.69, 9.17) is 28.7 Å². The van der Waals surface area contributed by atoms with Crippen molar-refractivity contribution >= 4 is 143 Å². The minimum absolute atomic E-state index is 0.0182. The van der Waals surface area contributed by atoms with Gasteiger partial charge in [-0.05, 0) is 175 Å². The van der Waals surface area contributed by atoms with E-state index in [0.717, 1.165) is 81.1 Å². The van der Waals surface area contributed by atoms with Crippen LogP contribution in [0.2, 0.25) is 0 Å². The molecule has 10 rings (SSSR count). The van der Waals surface area contributed by atoms with Gasteiger partial charge in [0.2, 0.25) is 55.1 Å². The fourth-order valence-electron chi connectivity index (χ4n) is 10.3. The first-order valence-electron chi connectivity index (χ1n) is 37.8. The Morgan fingerprint density at radius 2 is 0.566 bits per heavy atom. The molecule has 122 heavy (non-hydrogen) atoms. The van der Waals surface area contributed by atoms with Gasteiger partial charge >= 0.3 is 0 Å². The van der Waals surface area contributed by atoms with Gasteiger partial charge in [0.1, 0.15) is 0 Å². The summed E-state index contributed by atoms with van der Waals surface area (Å²) in [7, 11) is 0. The van der Waals surface area contributed by atoms with Crippen LogP contribution >= 0.6 is 58.8 Å². The molecule has 10 amide bonds. The van der Waals surface area contributed by atoms with Crippen LogP contribution in [-0.4, -0.2) is 122 Å². The van der Waals surface area contributed by atoms with E-state index in [9.17, 15) is 71.9 Å². The van der Waals surface area contributed by atoms with Crippen molar-refractivity contribution in [2.24, 2.45) is 28.7 Å². The van der Waals surface area contributed by atoms with Gasteiger partial charge in [-0.25, -0.2) is 0 Å². The molecule has 632 valence electrons. The lowest BCUT2D eigenvalue weighted by Crippen LogP contribution is -2.28. The number of carbonyl (C=O) groups is 15. The van der Waals surface area contributed by atoms with Gasteiger partial charge in [0.15, 0.2) is 0 Å². The van der Waals surface area contributed by atoms with Gasteiger partial charge in [0, 0.05) is 130 Å². The molecule has 0 radical (unpaired) electrons. The van der Waals surface area contributed by atoms with Crippen molar-refractivity contribution in [2.75, 3.05) is 32.7 Å². The molecule has 0 unspecified atom stereocenters. The number of benzene rings is 9. The number of nitrogens with two attached hydrogens (primary N) is 5. The Morgan fingerprint density at radius 1 is 0.287 bits per heavy atom. The van der Waals surface area contributed by atoms with Gasteiger partial charge in [-0.2, -0.15) is 0 Å². The van der Waals surface area contributed by atoms with Crippen molar-refractivity contribution in [3.63, 3.8) is 0 Å². The van der Waals surface area contributed by atoms with Gasteiger partial charge in [-0.1, -0.05) is 184 Å². The van der Waals surface area contributed by atoms with E-state index >= 15 is 0 Å². The van der Waals surface area contributed by atoms with Crippen LogP contribution in [0.5, 0.6) is 0 Å². The van der Waals surface area contributed by atoms with Crippen LogP contribution in [0, 0.1) is 20.8 Å². The molecule has 0 saturated heterocycles. The van der Waals surface area contributed by atoms with Gasteiger partial charge in [0.05, 0.1) is 27.8 Å². The highest BCUT2D eigenvalue weighted by atomic mass is 32.2. The molecule has 15 N–H and O–H groups in total. The summed E-state index contributed by atoms with van der Waals surface area (Å²) in [6.45, 7) is 12.9. The predicted molar refractivity (Wildman–Crippen MR) is 477 cm³/mol. The number of primary amides is 5. The zero-order chi connectivity index (χ0) is 89.3. The third kappa shape index (κ3) is 34.3. The molecule has 1 aromatic heterocycles. The molecule has 0 aliphatic carbocycles. The summed E-state index contributed by atoms with van der Waals surface area (Å²) >= 11 is 5.00. The molecule has 0 aliphatic rings. The third-order valence-electron chi connectivity index (χ3n) is 16.7. The first-order valence-corrected chi connectivity index (χ1v) is 41.9. The van der Waals surface area contributed by atoms with Crippen molar-refractivity contribution < 1.29 is 71.9 Å². The number of thioether (sulfide) groups is 5. The SMILES string of the molecule is CC(C)(C)c1ccc(C(=O)Sc2ccccc2C(=O)NCCC(N)=O)cc1.Cc1ccc(C(=O)Sc2ccccc2C(=O)NCCC(N)=O)cc1.Cc1cccc(C(=O)Sc2ccccc2C(=O)NCCC(N)=O)c1.Cc1ccccc1C(=O)Sc1ccccc1C(=O)NCCC(N)=O.NC(=O)CCNC(=O)c1ccccc1SC(=O)c1cccnc1. The van der Waals surface area contributed by atoms with E-state index in [1.54, 1.807) is 164 Å². The summed E-state index contributed by atoms with van der Waals surface area (Å²) in [6.07, 6.45) is 3.41. The molecule has 0 aliphatic heterocycles. The van der Waals surface area contributed by atoms with Crippen molar-refractivity contribution in [2.45, 2.75) is 104 Å². The standard InChI is InChI=1S/C21H24N2O3S.3C18H18N2O3S.C16H15N3O3S/c1-21(2,3)15-10-8-14(9-11-15)20(26)27-17-7-5-4-6-16(17)19(25)23-13-12-18(22)24;1-12-5-4-6-13(11-12)18(23)24-15-8-3-2-7-14(15)17(22)20-10-9-16(19)21;1-12-6-2-3-7-13(12)18(23)24-15-9-5-4-8-14(15)17(22)20-11-10-16(19)21;1-12-6-8-13(9-7-12)18(23)24-15-5-3-2-4-14(15)17(22)20-11-10-16(19)21;17-14(20)7-9-19-15(21)12-5-1-2-6-13(12)23-16(22)11-4-3-8-18-10-11/h4-11H,12-13H2,1-3H3,(H2,22,24)(H,23,25);2-8,11H,9-10H2,1H3,(H2,19,21)(H,20,22);2*2-9H,10-11H2,1H3,(H2,19,21)(H,20,22);1-6,8,10H,7,9H2,(H2,17,20)(H,19,21). The lowest BCUT2D eigenvalue weighted by atomic mass is 9.87. The number of hydrogen-bond acceptors (Lipinski definition) is 21. The van der Waals surface area contributed by atoms with Gasteiger partial charge in [0.25, 0.3) is 29.5 Å². The first kappa shape index (κ1) is 97.8.